The van der Waals surface area contributed by atoms with E-state index in [-0.39, 0.29) is 29.9 Å². The Labute approximate surface area is 238 Å². The molecular formula is C32H43N5O3. The maximum absolute atomic E-state index is 14.0. The Morgan fingerprint density at radius 3 is 2.45 bits per heavy atom. The van der Waals surface area contributed by atoms with Crippen LogP contribution in [0.4, 0.5) is 10.5 Å². The minimum Gasteiger partial charge on any atom is -0.341 e. The molecule has 3 aliphatic rings. The van der Waals surface area contributed by atoms with E-state index in [9.17, 15) is 14.4 Å². The van der Waals surface area contributed by atoms with Gasteiger partial charge < -0.3 is 25.3 Å². The lowest BCUT2D eigenvalue weighted by molar-refractivity contribution is -0.137. The zero-order valence-electron chi connectivity index (χ0n) is 24.1. The molecule has 4 amide bonds. The van der Waals surface area contributed by atoms with Gasteiger partial charge in [-0.1, -0.05) is 48.5 Å². The highest BCUT2D eigenvalue weighted by molar-refractivity contribution is 6.08. The molecule has 0 aliphatic carbocycles. The maximum atomic E-state index is 14.0. The number of likely N-dealkylation sites (N-methyl/N-ethyl adjacent to an activating group) is 1. The fraction of sp³-hybridized carbons (Fsp3) is 0.531. The topological polar surface area (TPSA) is 85.0 Å². The first-order valence-corrected chi connectivity index (χ1v) is 14.8. The predicted octanol–water partition coefficient (Wildman–Crippen LogP) is 3.70. The number of piperidine rings is 2. The summed E-state index contributed by atoms with van der Waals surface area (Å²) in [5.41, 5.74) is 2.67. The number of carbonyl (C=O) groups is 3. The molecule has 0 aromatic heterocycles. The van der Waals surface area contributed by atoms with Gasteiger partial charge in [0.15, 0.2) is 0 Å². The monoisotopic (exact) mass is 545 g/mol. The molecule has 8 heteroatoms. The van der Waals surface area contributed by atoms with Crippen LogP contribution in [0.2, 0.25) is 0 Å². The van der Waals surface area contributed by atoms with Crippen molar-refractivity contribution in [2.24, 2.45) is 0 Å². The summed E-state index contributed by atoms with van der Waals surface area (Å²) in [6, 6.07) is 17.6. The fourth-order valence-electron chi connectivity index (χ4n) is 6.48. The minimum absolute atomic E-state index is 0.0118. The van der Waals surface area contributed by atoms with E-state index >= 15 is 0 Å². The van der Waals surface area contributed by atoms with Gasteiger partial charge in [0.2, 0.25) is 11.8 Å². The Morgan fingerprint density at radius 2 is 1.75 bits per heavy atom. The van der Waals surface area contributed by atoms with E-state index in [1.54, 1.807) is 11.9 Å². The van der Waals surface area contributed by atoms with E-state index in [1.165, 1.54) is 0 Å². The van der Waals surface area contributed by atoms with Crippen molar-refractivity contribution in [1.29, 1.82) is 0 Å². The summed E-state index contributed by atoms with van der Waals surface area (Å²) >= 11 is 0. The molecule has 2 aromatic rings. The summed E-state index contributed by atoms with van der Waals surface area (Å²) in [7, 11) is 1.74. The SMILES string of the molecule is CN(C(=O)NC1CCCNC1)C(CCc1ccccc1)C(=O)N1CCC(N2C(=O)C(C)(C)c3ccccc32)CC1. The first-order chi connectivity index (χ1) is 19.3. The molecule has 2 aromatic carbocycles. The summed E-state index contributed by atoms with van der Waals surface area (Å²) in [6.45, 7) is 6.86. The van der Waals surface area contributed by atoms with Crippen molar-refractivity contribution in [3.63, 3.8) is 0 Å². The number of amides is 4. The number of benzene rings is 2. The zero-order chi connectivity index (χ0) is 28.3. The quantitative estimate of drug-likeness (QED) is 0.556. The van der Waals surface area contributed by atoms with Crippen LogP contribution in [0.3, 0.4) is 0 Å². The highest BCUT2D eigenvalue weighted by Gasteiger charge is 2.47. The van der Waals surface area contributed by atoms with Crippen molar-refractivity contribution in [3.8, 4) is 0 Å². The van der Waals surface area contributed by atoms with Crippen molar-refractivity contribution in [2.45, 2.75) is 75.9 Å². The molecule has 0 spiro atoms. The third-order valence-corrected chi connectivity index (χ3v) is 8.98. The summed E-state index contributed by atoms with van der Waals surface area (Å²) < 4.78 is 0. The van der Waals surface area contributed by atoms with Gasteiger partial charge in [-0.25, -0.2) is 4.79 Å². The molecule has 214 valence electrons. The predicted molar refractivity (Wildman–Crippen MR) is 157 cm³/mol. The van der Waals surface area contributed by atoms with Gasteiger partial charge in [0.1, 0.15) is 6.04 Å². The Morgan fingerprint density at radius 1 is 1.05 bits per heavy atom. The first kappa shape index (κ1) is 28.1. The van der Waals surface area contributed by atoms with Gasteiger partial charge in [0, 0.05) is 44.5 Å². The third-order valence-electron chi connectivity index (χ3n) is 8.98. The van der Waals surface area contributed by atoms with Gasteiger partial charge in [-0.15, -0.1) is 0 Å². The van der Waals surface area contributed by atoms with Gasteiger partial charge >= 0.3 is 6.03 Å². The molecule has 0 bridgehead atoms. The van der Waals surface area contributed by atoms with Crippen LogP contribution in [-0.4, -0.2) is 79.0 Å². The Kier molecular flexibility index (Phi) is 8.45. The number of carbonyl (C=O) groups excluding carboxylic acids is 3. The van der Waals surface area contributed by atoms with E-state index in [0.717, 1.165) is 55.6 Å². The second-order valence-electron chi connectivity index (χ2n) is 12.0. The number of hydrogen-bond acceptors (Lipinski definition) is 4. The maximum Gasteiger partial charge on any atom is 0.318 e. The number of nitrogens with zero attached hydrogens (tertiary/aromatic N) is 3. The molecule has 2 saturated heterocycles. The number of rotatable bonds is 7. The highest BCUT2D eigenvalue weighted by Crippen LogP contribution is 2.43. The van der Waals surface area contributed by atoms with Crippen molar-refractivity contribution in [2.75, 3.05) is 38.1 Å². The summed E-state index contributed by atoms with van der Waals surface area (Å²) in [4.78, 5) is 46.1. The average Bonchev–Trinajstić information content (AvgIpc) is 3.18. The van der Waals surface area contributed by atoms with Gasteiger partial charge in [0.25, 0.3) is 0 Å². The molecule has 2 N–H and O–H groups in total. The van der Waals surface area contributed by atoms with E-state index in [0.29, 0.717) is 25.9 Å². The smallest absolute Gasteiger partial charge is 0.318 e. The van der Waals surface area contributed by atoms with Crippen LogP contribution in [0.15, 0.2) is 54.6 Å². The molecule has 2 unspecified atom stereocenters. The van der Waals surface area contributed by atoms with Crippen LogP contribution in [0.1, 0.15) is 57.1 Å². The summed E-state index contributed by atoms with van der Waals surface area (Å²) in [6.07, 6.45) is 4.68. The second kappa shape index (κ2) is 12.0. The lowest BCUT2D eigenvalue weighted by Crippen LogP contribution is -2.57. The largest absolute Gasteiger partial charge is 0.341 e. The summed E-state index contributed by atoms with van der Waals surface area (Å²) in [5.74, 6) is 0.120. The van der Waals surface area contributed by atoms with Crippen LogP contribution in [0.5, 0.6) is 0 Å². The van der Waals surface area contributed by atoms with Crippen molar-refractivity contribution in [3.05, 3.63) is 65.7 Å². The van der Waals surface area contributed by atoms with Crippen molar-refractivity contribution < 1.29 is 14.4 Å². The van der Waals surface area contributed by atoms with Gasteiger partial charge in [-0.3, -0.25) is 9.59 Å². The van der Waals surface area contributed by atoms with Gasteiger partial charge in [0.05, 0.1) is 5.41 Å². The number of fused-ring (bicyclic) bond motifs is 1. The molecule has 0 saturated carbocycles. The van der Waals surface area contributed by atoms with Crippen molar-refractivity contribution in [1.82, 2.24) is 20.4 Å². The Hall–Kier alpha value is -3.39. The van der Waals surface area contributed by atoms with Crippen LogP contribution in [-0.2, 0) is 21.4 Å². The molecule has 40 heavy (non-hydrogen) atoms. The lowest BCUT2D eigenvalue weighted by atomic mass is 9.86. The summed E-state index contributed by atoms with van der Waals surface area (Å²) in [5, 5.41) is 6.47. The number of nitrogens with one attached hydrogen (secondary N) is 2. The second-order valence-corrected chi connectivity index (χ2v) is 12.0. The van der Waals surface area contributed by atoms with E-state index in [2.05, 4.69) is 22.8 Å². The zero-order valence-corrected chi connectivity index (χ0v) is 24.1. The van der Waals surface area contributed by atoms with E-state index in [1.807, 2.05) is 66.1 Å². The minimum atomic E-state index is -0.554. The standard InChI is InChI=1S/C32H43N5O3/c1-32(2)26-13-7-8-14-27(26)37(30(32)39)25-17-20-36(21-18-25)29(38)28(16-15-23-10-5-4-6-11-23)35(3)31(40)34-24-12-9-19-33-22-24/h4-8,10-11,13-14,24-25,28,33H,9,12,15-22H2,1-3H3,(H,34,40). The number of urea groups is 1. The Bertz CT molecular complexity index is 1200. The van der Waals surface area contributed by atoms with Crippen LogP contribution >= 0.6 is 0 Å². The molecule has 3 heterocycles. The molecule has 5 rings (SSSR count). The molecule has 2 atom stereocenters. The normalized spacial score (nSPS) is 21.6. The van der Waals surface area contributed by atoms with Crippen LogP contribution < -0.4 is 15.5 Å². The first-order valence-electron chi connectivity index (χ1n) is 14.8. The molecular weight excluding hydrogens is 502 g/mol. The number of para-hydroxylation sites is 1. The average molecular weight is 546 g/mol. The fourth-order valence-corrected chi connectivity index (χ4v) is 6.48. The number of aryl methyl sites for hydroxylation is 1. The number of anilines is 1. The molecule has 8 nitrogen and oxygen atoms in total. The molecule has 2 fully saturated rings. The molecule has 3 aliphatic heterocycles. The van der Waals surface area contributed by atoms with E-state index < -0.39 is 11.5 Å². The lowest BCUT2D eigenvalue weighted by Gasteiger charge is -2.40. The molecule has 0 radical (unpaired) electrons. The number of likely N-dealkylation sites (tertiary alicyclic amines) is 1. The van der Waals surface area contributed by atoms with Gasteiger partial charge in [-0.2, -0.15) is 0 Å². The number of hydrogen-bond donors (Lipinski definition) is 2. The van der Waals surface area contributed by atoms with Crippen LogP contribution in [0.25, 0.3) is 0 Å². The Balaban J connectivity index is 1.26. The van der Waals surface area contributed by atoms with Gasteiger partial charge in [-0.05, 0) is 76.1 Å². The van der Waals surface area contributed by atoms with E-state index in [4.69, 9.17) is 0 Å². The third kappa shape index (κ3) is 5.73. The van der Waals surface area contributed by atoms with Crippen molar-refractivity contribution >= 4 is 23.5 Å². The van der Waals surface area contributed by atoms with Crippen LogP contribution in [0, 0.1) is 0 Å². The highest BCUT2D eigenvalue weighted by atomic mass is 16.2.